The largest absolute Gasteiger partial charge is 0.289 e. The molecule has 3 heteroatoms. The first kappa shape index (κ1) is 8.88. The molecule has 0 bridgehead atoms. The van der Waals surface area contributed by atoms with Gasteiger partial charge in [0.2, 0.25) is 0 Å². The molecule has 0 spiro atoms. The van der Waals surface area contributed by atoms with Crippen LogP contribution in [0.3, 0.4) is 0 Å². The van der Waals surface area contributed by atoms with E-state index in [1.807, 2.05) is 6.07 Å². The second-order valence-electron chi connectivity index (χ2n) is 3.03. The Kier molecular flexibility index (Phi) is 2.44. The van der Waals surface area contributed by atoms with E-state index >= 15 is 0 Å². The lowest BCUT2D eigenvalue weighted by Crippen LogP contribution is -1.98. The zero-order valence-corrected chi connectivity index (χ0v) is 8.64. The van der Waals surface area contributed by atoms with Crippen molar-refractivity contribution >= 4 is 21.6 Å². The van der Waals surface area contributed by atoms with Crippen LogP contribution in [0.1, 0.15) is 18.4 Å². The zero-order chi connectivity index (χ0) is 9.26. The van der Waals surface area contributed by atoms with Gasteiger partial charge < -0.3 is 0 Å². The van der Waals surface area contributed by atoms with E-state index in [9.17, 15) is 4.39 Å². The second-order valence-corrected chi connectivity index (χ2v) is 3.83. The Balaban J connectivity index is 2.45. The maximum atomic E-state index is 13.1. The van der Waals surface area contributed by atoms with Gasteiger partial charge in [-0.3, -0.25) is 4.99 Å². The molecular weight excluding hydrogens is 233 g/mol. The van der Waals surface area contributed by atoms with Gasteiger partial charge in [-0.05, 0) is 34.8 Å². The number of aliphatic imine (C=N–C) groups is 1. The minimum absolute atomic E-state index is 0.216. The molecule has 1 nitrogen and oxygen atoms in total. The Morgan fingerprint density at radius 2 is 2.23 bits per heavy atom. The number of rotatable bonds is 1. The molecule has 1 aliphatic rings. The molecule has 0 N–H and O–H groups in total. The third-order valence-corrected chi connectivity index (χ3v) is 2.94. The highest BCUT2D eigenvalue weighted by Gasteiger charge is 2.13. The molecule has 0 radical (unpaired) electrons. The number of halogens is 2. The van der Waals surface area contributed by atoms with Crippen LogP contribution in [0.15, 0.2) is 27.7 Å². The van der Waals surface area contributed by atoms with Crippen LogP contribution in [0.4, 0.5) is 4.39 Å². The average Bonchev–Trinajstić information content (AvgIpc) is 2.62. The molecule has 0 saturated carbocycles. The van der Waals surface area contributed by atoms with Crippen LogP contribution in [0.5, 0.6) is 0 Å². The molecule has 68 valence electrons. The van der Waals surface area contributed by atoms with Crippen molar-refractivity contribution in [2.75, 3.05) is 6.54 Å². The molecule has 1 aromatic rings. The van der Waals surface area contributed by atoms with Crippen molar-refractivity contribution in [3.05, 3.63) is 34.1 Å². The SMILES string of the molecule is Fc1cccc(C2=NCCC2)c1Br. The Morgan fingerprint density at radius 3 is 2.92 bits per heavy atom. The predicted molar refractivity (Wildman–Crippen MR) is 54.7 cm³/mol. The number of nitrogens with zero attached hydrogens (tertiary/aromatic N) is 1. The third-order valence-electron chi connectivity index (χ3n) is 2.14. The van der Waals surface area contributed by atoms with Gasteiger partial charge in [-0.2, -0.15) is 0 Å². The van der Waals surface area contributed by atoms with Gasteiger partial charge in [0.15, 0.2) is 0 Å². The van der Waals surface area contributed by atoms with Gasteiger partial charge in [-0.15, -0.1) is 0 Å². The van der Waals surface area contributed by atoms with Crippen molar-refractivity contribution < 1.29 is 4.39 Å². The molecule has 1 aromatic carbocycles. The van der Waals surface area contributed by atoms with Crippen molar-refractivity contribution in [3.63, 3.8) is 0 Å². The fourth-order valence-corrected chi connectivity index (χ4v) is 1.98. The summed E-state index contributed by atoms with van der Waals surface area (Å²) in [5.41, 5.74) is 1.92. The predicted octanol–water partition coefficient (Wildman–Crippen LogP) is 3.17. The standard InChI is InChI=1S/C10H9BrFN/c11-10-7(3-1-4-8(10)12)9-5-2-6-13-9/h1,3-4H,2,5-6H2. The van der Waals surface area contributed by atoms with Gasteiger partial charge in [0.05, 0.1) is 4.47 Å². The highest BCUT2D eigenvalue weighted by Crippen LogP contribution is 2.24. The van der Waals surface area contributed by atoms with E-state index in [-0.39, 0.29) is 5.82 Å². The molecule has 0 unspecified atom stereocenters. The van der Waals surface area contributed by atoms with Crippen LogP contribution >= 0.6 is 15.9 Å². The minimum Gasteiger partial charge on any atom is -0.289 e. The van der Waals surface area contributed by atoms with Crippen LogP contribution in [-0.2, 0) is 0 Å². The van der Waals surface area contributed by atoms with Crippen molar-refractivity contribution in [1.29, 1.82) is 0 Å². The summed E-state index contributed by atoms with van der Waals surface area (Å²) < 4.78 is 13.7. The molecule has 0 aromatic heterocycles. The first-order valence-corrected chi connectivity index (χ1v) is 5.06. The normalized spacial score (nSPS) is 16.0. The Morgan fingerprint density at radius 1 is 1.38 bits per heavy atom. The maximum Gasteiger partial charge on any atom is 0.138 e. The highest BCUT2D eigenvalue weighted by molar-refractivity contribution is 9.10. The van der Waals surface area contributed by atoms with Crippen LogP contribution in [0.25, 0.3) is 0 Å². The molecule has 0 amide bonds. The Bertz CT molecular complexity index is 360. The fraction of sp³-hybridized carbons (Fsp3) is 0.300. The first-order chi connectivity index (χ1) is 6.29. The quantitative estimate of drug-likeness (QED) is 0.717. The number of hydrogen-bond acceptors (Lipinski definition) is 1. The fourth-order valence-electron chi connectivity index (χ4n) is 1.49. The number of hydrogen-bond donors (Lipinski definition) is 0. The Labute approximate surface area is 84.8 Å². The molecular formula is C10H9BrFN. The van der Waals surface area contributed by atoms with Crippen LogP contribution < -0.4 is 0 Å². The molecule has 2 rings (SSSR count). The summed E-state index contributed by atoms with van der Waals surface area (Å²) >= 11 is 3.23. The summed E-state index contributed by atoms with van der Waals surface area (Å²) in [7, 11) is 0. The summed E-state index contributed by atoms with van der Waals surface area (Å²) in [6, 6.07) is 5.07. The molecule has 0 fully saturated rings. The first-order valence-electron chi connectivity index (χ1n) is 4.27. The molecule has 1 aliphatic heterocycles. The smallest absolute Gasteiger partial charge is 0.138 e. The summed E-state index contributed by atoms with van der Waals surface area (Å²) in [6.07, 6.45) is 2.04. The summed E-state index contributed by atoms with van der Waals surface area (Å²) in [5.74, 6) is -0.216. The van der Waals surface area contributed by atoms with E-state index < -0.39 is 0 Å². The lowest BCUT2D eigenvalue weighted by atomic mass is 10.1. The van der Waals surface area contributed by atoms with Gasteiger partial charge in [0.1, 0.15) is 5.82 Å². The Hall–Kier alpha value is -0.700. The van der Waals surface area contributed by atoms with Crippen molar-refractivity contribution in [1.82, 2.24) is 0 Å². The van der Waals surface area contributed by atoms with E-state index in [1.165, 1.54) is 6.07 Å². The molecule has 1 heterocycles. The minimum atomic E-state index is -0.216. The lowest BCUT2D eigenvalue weighted by Gasteiger charge is -2.03. The summed E-state index contributed by atoms with van der Waals surface area (Å²) in [5, 5.41) is 0. The summed E-state index contributed by atoms with van der Waals surface area (Å²) in [6.45, 7) is 0.873. The monoisotopic (exact) mass is 241 g/mol. The van der Waals surface area contributed by atoms with Crippen molar-refractivity contribution in [3.8, 4) is 0 Å². The van der Waals surface area contributed by atoms with Crippen molar-refractivity contribution in [2.45, 2.75) is 12.8 Å². The topological polar surface area (TPSA) is 12.4 Å². The molecule has 13 heavy (non-hydrogen) atoms. The number of benzene rings is 1. The van der Waals surface area contributed by atoms with E-state index in [0.29, 0.717) is 4.47 Å². The second kappa shape index (κ2) is 3.58. The molecule has 0 atom stereocenters. The van der Waals surface area contributed by atoms with Crippen molar-refractivity contribution in [2.24, 2.45) is 4.99 Å². The van der Waals surface area contributed by atoms with Gasteiger partial charge >= 0.3 is 0 Å². The van der Waals surface area contributed by atoms with Gasteiger partial charge in [0.25, 0.3) is 0 Å². The van der Waals surface area contributed by atoms with E-state index in [0.717, 1.165) is 30.7 Å². The summed E-state index contributed by atoms with van der Waals surface area (Å²) in [4.78, 5) is 4.33. The maximum absolute atomic E-state index is 13.1. The van der Waals surface area contributed by atoms with E-state index in [1.54, 1.807) is 6.07 Å². The molecule has 0 aliphatic carbocycles. The average molecular weight is 242 g/mol. The van der Waals surface area contributed by atoms with Crippen LogP contribution in [0, 0.1) is 5.82 Å². The van der Waals surface area contributed by atoms with E-state index in [2.05, 4.69) is 20.9 Å². The van der Waals surface area contributed by atoms with Gasteiger partial charge in [-0.1, -0.05) is 12.1 Å². The third kappa shape index (κ3) is 1.66. The van der Waals surface area contributed by atoms with Gasteiger partial charge in [-0.25, -0.2) is 4.39 Å². The highest BCUT2D eigenvalue weighted by atomic mass is 79.9. The lowest BCUT2D eigenvalue weighted by molar-refractivity contribution is 0.620. The van der Waals surface area contributed by atoms with E-state index in [4.69, 9.17) is 0 Å². The zero-order valence-electron chi connectivity index (χ0n) is 7.06. The van der Waals surface area contributed by atoms with Crippen LogP contribution in [0.2, 0.25) is 0 Å². The van der Waals surface area contributed by atoms with Gasteiger partial charge in [0, 0.05) is 17.8 Å². The molecule has 0 saturated heterocycles. The van der Waals surface area contributed by atoms with Crippen LogP contribution in [-0.4, -0.2) is 12.3 Å².